The van der Waals surface area contributed by atoms with Gasteiger partial charge in [0.1, 0.15) is 17.2 Å². The molecule has 1 N–H and O–H groups in total. The van der Waals surface area contributed by atoms with Crippen LogP contribution in [0.25, 0.3) is 0 Å². The molecule has 0 radical (unpaired) electrons. The van der Waals surface area contributed by atoms with Gasteiger partial charge in [0.25, 0.3) is 0 Å². The first kappa shape index (κ1) is 25.8. The van der Waals surface area contributed by atoms with E-state index in [1.165, 1.54) is 0 Å². The molecule has 0 unspecified atom stereocenters. The summed E-state index contributed by atoms with van der Waals surface area (Å²) in [6.07, 6.45) is 1.20. The van der Waals surface area contributed by atoms with E-state index >= 15 is 0 Å². The van der Waals surface area contributed by atoms with Crippen LogP contribution in [0.3, 0.4) is 0 Å². The number of carboxylic acids is 1. The van der Waals surface area contributed by atoms with Gasteiger partial charge < -0.3 is 19.3 Å². The van der Waals surface area contributed by atoms with E-state index in [2.05, 4.69) is 19.6 Å². The fraction of sp³-hybridized carbons (Fsp3) is 0.300. The highest BCUT2D eigenvalue weighted by atomic mass is 35.5. The number of para-hydroxylation sites is 1. The maximum absolute atomic E-state index is 11.3. The second-order valence-corrected chi connectivity index (χ2v) is 9.59. The van der Waals surface area contributed by atoms with Crippen LogP contribution in [0.5, 0.6) is 17.2 Å². The van der Waals surface area contributed by atoms with E-state index in [0.29, 0.717) is 22.3 Å². The molecular weight excluding hydrogens is 476 g/mol. The minimum Gasteiger partial charge on any atom is -0.482 e. The van der Waals surface area contributed by atoms with Crippen LogP contribution < -0.4 is 9.47 Å². The van der Waals surface area contributed by atoms with E-state index in [4.69, 9.17) is 25.8 Å². The number of halogens is 1. The summed E-state index contributed by atoms with van der Waals surface area (Å²) < 4.78 is 18.5. The average molecular weight is 507 g/mol. The van der Waals surface area contributed by atoms with Crippen molar-refractivity contribution in [2.45, 2.75) is 44.8 Å². The third-order valence-corrected chi connectivity index (χ3v) is 6.81. The molecule has 1 heterocycles. The highest BCUT2D eigenvalue weighted by Crippen LogP contribution is 2.49. The van der Waals surface area contributed by atoms with Crippen LogP contribution >= 0.6 is 11.6 Å². The Kier molecular flexibility index (Phi) is 8.34. The Balaban J connectivity index is 1.72. The van der Waals surface area contributed by atoms with Crippen molar-refractivity contribution < 1.29 is 24.1 Å². The van der Waals surface area contributed by atoms with Gasteiger partial charge in [-0.05, 0) is 67.8 Å². The van der Waals surface area contributed by atoms with Crippen molar-refractivity contribution in [3.8, 4) is 17.2 Å². The minimum atomic E-state index is -1.04. The Hall–Kier alpha value is -3.28. The van der Waals surface area contributed by atoms with Crippen LogP contribution in [0.2, 0.25) is 5.02 Å². The zero-order valence-electron chi connectivity index (χ0n) is 20.5. The molecule has 0 aromatic heterocycles. The highest BCUT2D eigenvalue weighted by Gasteiger charge is 2.40. The molecule has 0 saturated carbocycles. The van der Waals surface area contributed by atoms with Crippen LogP contribution in [-0.2, 0) is 9.53 Å². The highest BCUT2D eigenvalue weighted by molar-refractivity contribution is 6.30. The van der Waals surface area contributed by atoms with Gasteiger partial charge in [0.05, 0.1) is 12.2 Å². The van der Waals surface area contributed by atoms with Crippen LogP contribution in [0, 0.1) is 5.92 Å². The molecule has 6 heteroatoms. The predicted molar refractivity (Wildman–Crippen MR) is 141 cm³/mol. The van der Waals surface area contributed by atoms with Gasteiger partial charge in [-0.25, -0.2) is 4.79 Å². The Bertz CT molecular complexity index is 1210. The zero-order chi connectivity index (χ0) is 25.7. The van der Waals surface area contributed by atoms with Gasteiger partial charge in [-0.2, -0.15) is 0 Å². The molecule has 0 bridgehead atoms. The normalized spacial score (nSPS) is 21.5. The Labute approximate surface area is 217 Å². The van der Waals surface area contributed by atoms with Crippen molar-refractivity contribution in [1.29, 1.82) is 0 Å². The molecular formula is C30H31ClO5. The maximum Gasteiger partial charge on any atom is 0.341 e. The molecule has 1 aliphatic heterocycles. The first-order valence-corrected chi connectivity index (χ1v) is 12.5. The van der Waals surface area contributed by atoms with Gasteiger partial charge >= 0.3 is 5.97 Å². The molecule has 36 heavy (non-hydrogen) atoms. The molecule has 5 nitrogen and oxygen atoms in total. The molecule has 4 atom stereocenters. The molecule has 1 saturated heterocycles. The number of ether oxygens (including phenoxy) is 3. The van der Waals surface area contributed by atoms with Crippen LogP contribution in [0.1, 0.15) is 49.8 Å². The second kappa shape index (κ2) is 11.6. The van der Waals surface area contributed by atoms with Gasteiger partial charge in [-0.3, -0.25) is 0 Å². The Morgan fingerprint density at radius 1 is 1.08 bits per heavy atom. The monoisotopic (exact) mass is 506 g/mol. The lowest BCUT2D eigenvalue weighted by atomic mass is 9.75. The number of hydrogen-bond donors (Lipinski definition) is 1. The van der Waals surface area contributed by atoms with Crippen molar-refractivity contribution in [3.63, 3.8) is 0 Å². The molecule has 3 aromatic carbocycles. The smallest absolute Gasteiger partial charge is 0.341 e. The summed E-state index contributed by atoms with van der Waals surface area (Å²) in [5.74, 6) is 0.878. The van der Waals surface area contributed by atoms with E-state index in [0.717, 1.165) is 29.5 Å². The van der Waals surface area contributed by atoms with Crippen molar-refractivity contribution in [2.24, 2.45) is 5.92 Å². The molecule has 1 fully saturated rings. The quantitative estimate of drug-likeness (QED) is 0.300. The fourth-order valence-corrected chi connectivity index (χ4v) is 5.05. The second-order valence-electron chi connectivity index (χ2n) is 9.15. The zero-order valence-corrected chi connectivity index (χ0v) is 21.3. The molecule has 188 valence electrons. The summed E-state index contributed by atoms with van der Waals surface area (Å²) >= 11 is 6.31. The number of rotatable bonds is 9. The van der Waals surface area contributed by atoms with Crippen molar-refractivity contribution >= 4 is 17.6 Å². The largest absolute Gasteiger partial charge is 0.482 e. The number of hydrogen-bond acceptors (Lipinski definition) is 4. The first-order valence-electron chi connectivity index (χ1n) is 12.1. The van der Waals surface area contributed by atoms with E-state index in [-0.39, 0.29) is 24.0 Å². The summed E-state index contributed by atoms with van der Waals surface area (Å²) in [5, 5.41) is 9.92. The molecule has 3 aromatic rings. The number of carbonyl (C=O) groups is 1. The molecule has 4 rings (SSSR count). The average Bonchev–Trinajstić information content (AvgIpc) is 2.87. The lowest BCUT2D eigenvalue weighted by molar-refractivity contribution is -0.139. The Morgan fingerprint density at radius 2 is 1.86 bits per heavy atom. The predicted octanol–water partition coefficient (Wildman–Crippen LogP) is 7.81. The lowest BCUT2D eigenvalue weighted by Gasteiger charge is -2.43. The van der Waals surface area contributed by atoms with E-state index in [1.807, 2.05) is 61.5 Å². The van der Waals surface area contributed by atoms with Gasteiger partial charge in [-0.15, -0.1) is 0 Å². The van der Waals surface area contributed by atoms with Crippen molar-refractivity contribution in [2.75, 3.05) is 6.61 Å². The van der Waals surface area contributed by atoms with E-state index in [9.17, 15) is 9.90 Å². The van der Waals surface area contributed by atoms with Crippen molar-refractivity contribution in [3.05, 3.63) is 101 Å². The minimum absolute atomic E-state index is 0.0177. The SMILES string of the molecule is C=C(C)[C@@H]1C[C@H](c2cccc(Cl)c2)[C@H](CC)O[C@@H]1c1cc(Oc2ccccc2)ccc1OCC(=O)O. The standard InChI is InChI=1S/C30H31ClO5/c1-4-27-25(20-9-8-10-21(31)15-20)17-24(19(2)3)30(36-27)26-16-23(35-22-11-6-5-7-12-22)13-14-28(26)34-18-29(32)33/h5-16,24-25,27,30H,2,4,17-18H2,1,3H3,(H,32,33)/t24-,25+,27-,30-/m0/s1. The number of benzene rings is 3. The van der Waals surface area contributed by atoms with Crippen molar-refractivity contribution in [1.82, 2.24) is 0 Å². The number of aliphatic carboxylic acids is 1. The summed E-state index contributed by atoms with van der Waals surface area (Å²) in [6, 6.07) is 22.8. The van der Waals surface area contributed by atoms with Crippen LogP contribution in [-0.4, -0.2) is 23.8 Å². The van der Waals surface area contributed by atoms with E-state index in [1.54, 1.807) is 12.1 Å². The van der Waals surface area contributed by atoms with Gasteiger partial charge in [0, 0.05) is 22.4 Å². The van der Waals surface area contributed by atoms with Crippen LogP contribution in [0.4, 0.5) is 0 Å². The third kappa shape index (κ3) is 6.10. The molecule has 0 amide bonds. The van der Waals surface area contributed by atoms with Gasteiger partial charge in [-0.1, -0.05) is 61.0 Å². The van der Waals surface area contributed by atoms with E-state index < -0.39 is 12.6 Å². The summed E-state index contributed by atoms with van der Waals surface area (Å²) in [5.41, 5.74) is 2.88. The first-order chi connectivity index (χ1) is 17.4. The molecule has 0 aliphatic carbocycles. The topological polar surface area (TPSA) is 65.0 Å². The van der Waals surface area contributed by atoms with Gasteiger partial charge in [0.2, 0.25) is 0 Å². The summed E-state index contributed by atoms with van der Waals surface area (Å²) in [7, 11) is 0. The Morgan fingerprint density at radius 3 is 2.53 bits per heavy atom. The van der Waals surface area contributed by atoms with Gasteiger partial charge in [0.15, 0.2) is 6.61 Å². The lowest BCUT2D eigenvalue weighted by Crippen LogP contribution is -2.36. The molecule has 1 aliphatic rings. The maximum atomic E-state index is 11.3. The molecule has 0 spiro atoms. The third-order valence-electron chi connectivity index (χ3n) is 6.57. The summed E-state index contributed by atoms with van der Waals surface area (Å²) in [6.45, 7) is 7.94. The fourth-order valence-electron chi connectivity index (χ4n) is 4.85. The van der Waals surface area contributed by atoms with Crippen LogP contribution in [0.15, 0.2) is 84.9 Å². The summed E-state index contributed by atoms with van der Waals surface area (Å²) in [4.78, 5) is 11.3. The number of carboxylic acid groups (broad SMARTS) is 1.